The molecule has 0 aliphatic heterocycles. The first-order valence-electron chi connectivity index (χ1n) is 34.8. The zero-order chi connectivity index (χ0) is 73.6. The molecule has 1 aliphatic carbocycles. The minimum atomic E-state index is -1.00. The smallest absolute Gasteiger partial charge is 0.331 e. The van der Waals surface area contributed by atoms with E-state index in [9.17, 15) is 44.1 Å². The van der Waals surface area contributed by atoms with Crippen LogP contribution in [0.3, 0.4) is 0 Å². The summed E-state index contributed by atoms with van der Waals surface area (Å²) >= 11 is 0. The first-order valence-corrected chi connectivity index (χ1v) is 34.8. The number of aromatic nitrogens is 13. The number of benzene rings is 6. The molecule has 105 heavy (non-hydrogen) atoms. The average Bonchev–Trinajstić information content (AvgIpc) is 1.60. The molecule has 16 rings (SSSR count). The topological polar surface area (TPSA) is 268 Å². The van der Waals surface area contributed by atoms with Crippen LogP contribution in [0.4, 0.5) is 0 Å². The van der Waals surface area contributed by atoms with Gasteiger partial charge in [0.25, 0.3) is 0 Å². The molecule has 0 unspecified atom stereocenters. The highest BCUT2D eigenvalue weighted by Gasteiger charge is 2.32. The first-order chi connectivity index (χ1) is 50.6. The number of imidazole rings is 3. The number of rotatable bonds is 20. The zero-order valence-corrected chi connectivity index (χ0v) is 59.5. The van der Waals surface area contributed by atoms with E-state index < -0.39 is 36.0 Å². The average molecular weight is 1410 g/mol. The Morgan fingerprint density at radius 2 is 0.819 bits per heavy atom. The Kier molecular flexibility index (Phi) is 18.9. The molecule has 3 N–H and O–H groups in total. The number of nitrogens with zero attached hydrogens (tertiary/aromatic N) is 13. The maximum atomic E-state index is 14.1. The number of carboxylic acids is 3. The van der Waals surface area contributed by atoms with Crippen molar-refractivity contribution in [2.24, 2.45) is 21.1 Å². The lowest BCUT2D eigenvalue weighted by Crippen LogP contribution is -2.29. The molecule has 0 spiro atoms. The number of carboxylic acid groups (broad SMARTS) is 3. The van der Waals surface area contributed by atoms with Gasteiger partial charge in [0.05, 0.1) is 93.1 Å². The molecule has 1 saturated carbocycles. The molecule has 1 aliphatic rings. The standard InChI is InChI=1S/C28H27N5O3.C27H26N4O4.C27H26N4O3/c1-17-7-6-10-21-25(17)20(15-31(21)2)16-32-23-14-29-26(19-11-12-19)30-27(23)33(28(32)36)22(13-24(34)35)18-8-4-3-5-9-18;1-17-8-7-11-20-25(17)19(15-29(20)2)16-30-21-12-13-23(35-3)28-26(21)31(27(30)34)22(14-24(32)33)18-9-5-4-6-10-18;1-17-8-7-11-21-26(17)20(15-29(21)3)16-30-24-14-28-18(2)12-23(24)31(27(30)34)22(13-25(32)33)19-9-5-4-6-10-19/h3-10,14-15,19,22H,11-13,16H2,1-2H3,(H,34,35);4-13,15,22H,14,16H2,1-3H3,(H,32,33);4-12,14-15,22H,13,16H2,1-3H3,(H,32,33)/t3*22-/m111/s1. The second-order valence-electron chi connectivity index (χ2n) is 27.2. The summed E-state index contributed by atoms with van der Waals surface area (Å²) in [4.78, 5) is 96.0. The van der Waals surface area contributed by atoms with E-state index in [0.29, 0.717) is 64.8 Å². The fourth-order valence-corrected chi connectivity index (χ4v) is 15.1. The van der Waals surface area contributed by atoms with Crippen molar-refractivity contribution in [3.63, 3.8) is 0 Å². The Bertz CT molecular complexity index is 6050. The van der Waals surface area contributed by atoms with Gasteiger partial charge in [0.1, 0.15) is 11.3 Å². The lowest BCUT2D eigenvalue weighted by Gasteiger charge is -2.17. The summed E-state index contributed by atoms with van der Waals surface area (Å²) in [5.74, 6) is -1.56. The Balaban J connectivity index is 0.000000133. The highest BCUT2D eigenvalue weighted by Crippen LogP contribution is 2.39. The lowest BCUT2D eigenvalue weighted by molar-refractivity contribution is -0.138. The van der Waals surface area contributed by atoms with Crippen LogP contribution in [0.25, 0.3) is 66.1 Å². The van der Waals surface area contributed by atoms with Crippen LogP contribution >= 0.6 is 0 Å². The quantitative estimate of drug-likeness (QED) is 0.0640. The van der Waals surface area contributed by atoms with Crippen LogP contribution in [0.2, 0.25) is 0 Å². The number of ether oxygens (including phenoxy) is 1. The van der Waals surface area contributed by atoms with Gasteiger partial charge in [-0.25, -0.2) is 24.4 Å². The van der Waals surface area contributed by atoms with E-state index in [1.807, 2.05) is 150 Å². The Morgan fingerprint density at radius 1 is 0.438 bits per heavy atom. The third-order valence-corrected chi connectivity index (χ3v) is 20.1. The van der Waals surface area contributed by atoms with Gasteiger partial charge >= 0.3 is 35.0 Å². The van der Waals surface area contributed by atoms with Crippen molar-refractivity contribution >= 4 is 84.0 Å². The van der Waals surface area contributed by atoms with Gasteiger partial charge in [-0.3, -0.25) is 46.8 Å². The summed E-state index contributed by atoms with van der Waals surface area (Å²) in [6, 6.07) is 49.7. The number of hydrogen-bond donors (Lipinski definition) is 3. The number of pyridine rings is 2. The molecule has 6 aromatic carbocycles. The molecule has 1 fully saturated rings. The van der Waals surface area contributed by atoms with Gasteiger partial charge in [0.15, 0.2) is 11.3 Å². The highest BCUT2D eigenvalue weighted by atomic mass is 16.5. The van der Waals surface area contributed by atoms with Crippen molar-refractivity contribution < 1.29 is 34.4 Å². The van der Waals surface area contributed by atoms with Crippen LogP contribution in [-0.4, -0.2) is 101 Å². The fraction of sp³-hybridized carbons (Fsp3) is 0.244. The van der Waals surface area contributed by atoms with Crippen LogP contribution in [-0.2, 0) is 55.2 Å². The first kappa shape index (κ1) is 69.4. The third kappa shape index (κ3) is 13.4. The molecule has 23 heteroatoms. The van der Waals surface area contributed by atoms with Crippen LogP contribution in [0.5, 0.6) is 5.88 Å². The van der Waals surface area contributed by atoms with Crippen LogP contribution in [0, 0.1) is 27.7 Å². The molecule has 3 atom stereocenters. The van der Waals surface area contributed by atoms with Crippen molar-refractivity contribution in [1.29, 1.82) is 0 Å². The number of fused-ring (bicyclic) bond motifs is 6. The Hall–Kier alpha value is -12.7. The van der Waals surface area contributed by atoms with E-state index in [4.69, 9.17) is 9.72 Å². The van der Waals surface area contributed by atoms with Crippen LogP contribution in [0.15, 0.2) is 209 Å². The molecule has 9 aromatic heterocycles. The van der Waals surface area contributed by atoms with Gasteiger partial charge in [0.2, 0.25) is 5.88 Å². The van der Waals surface area contributed by atoms with Gasteiger partial charge in [-0.05, 0) is 121 Å². The molecular formula is C82H79N13O10. The van der Waals surface area contributed by atoms with E-state index in [1.54, 1.807) is 47.4 Å². The van der Waals surface area contributed by atoms with Crippen molar-refractivity contribution in [1.82, 2.24) is 61.0 Å². The van der Waals surface area contributed by atoms with Crippen molar-refractivity contribution in [2.75, 3.05) is 7.11 Å². The predicted octanol–water partition coefficient (Wildman–Crippen LogP) is 12.9. The second-order valence-corrected chi connectivity index (χ2v) is 27.2. The lowest BCUT2D eigenvalue weighted by atomic mass is 10.0. The monoisotopic (exact) mass is 1410 g/mol. The van der Waals surface area contributed by atoms with E-state index in [0.717, 1.165) is 107 Å². The highest BCUT2D eigenvalue weighted by molar-refractivity contribution is 5.90. The second kappa shape index (κ2) is 28.6. The molecule has 23 nitrogen and oxygen atoms in total. The van der Waals surface area contributed by atoms with E-state index in [-0.39, 0.29) is 36.3 Å². The van der Waals surface area contributed by atoms with E-state index in [2.05, 4.69) is 98.2 Å². The summed E-state index contributed by atoms with van der Waals surface area (Å²) in [6.07, 6.45) is 11.0. The SMILES string of the molecule is COc1ccc2c(n1)n([C@H](CC(=O)O)c1ccccc1)c(=O)n2Cc1cn(C)c2cccc(C)c12.Cc1cc2c(cn1)n(Cc1cn(C)c3cccc(C)c13)c(=O)n2[C@H](CC(=O)O)c1ccccc1.Cc1cccc2c1c(Cn1c(=O)n([C@H](CC(=O)O)c3ccccc3)c3nc(C4CC4)ncc31)cn2C. The molecule has 9 heterocycles. The van der Waals surface area contributed by atoms with Gasteiger partial charge in [-0.2, -0.15) is 4.98 Å². The summed E-state index contributed by atoms with van der Waals surface area (Å²) in [5, 5.41) is 32.5. The summed E-state index contributed by atoms with van der Waals surface area (Å²) in [7, 11) is 7.50. The fourth-order valence-electron chi connectivity index (χ4n) is 15.1. The van der Waals surface area contributed by atoms with Crippen molar-refractivity contribution in [2.45, 2.75) is 103 Å². The van der Waals surface area contributed by atoms with E-state index >= 15 is 0 Å². The summed E-state index contributed by atoms with van der Waals surface area (Å²) in [6.45, 7) is 9.10. The Labute approximate surface area is 602 Å². The number of aliphatic carboxylic acids is 3. The van der Waals surface area contributed by atoms with Gasteiger partial charge < -0.3 is 33.8 Å². The minimum absolute atomic E-state index is 0.197. The van der Waals surface area contributed by atoms with E-state index in [1.165, 1.54) is 11.7 Å². The number of carbonyl (C=O) groups is 3. The normalized spacial score (nSPS) is 13.1. The van der Waals surface area contributed by atoms with Crippen LogP contribution in [0.1, 0.15) is 118 Å². The van der Waals surface area contributed by atoms with Gasteiger partial charge in [-0.1, -0.05) is 127 Å². The maximum Gasteiger partial charge on any atom is 0.331 e. The minimum Gasteiger partial charge on any atom is -0.481 e. The number of hydrogen-bond acceptors (Lipinski definition) is 11. The molecule has 0 radical (unpaired) electrons. The maximum absolute atomic E-state index is 14.1. The molecular weight excluding hydrogens is 1330 g/mol. The molecule has 0 amide bonds. The van der Waals surface area contributed by atoms with Crippen molar-refractivity contribution in [3.8, 4) is 5.88 Å². The molecule has 0 saturated heterocycles. The third-order valence-electron chi connectivity index (χ3n) is 20.1. The zero-order valence-electron chi connectivity index (χ0n) is 59.5. The number of methoxy groups -OCH3 is 1. The summed E-state index contributed by atoms with van der Waals surface area (Å²) in [5.41, 5.74) is 15.4. The molecule has 15 aromatic rings. The van der Waals surface area contributed by atoms with Crippen molar-refractivity contribution in [3.05, 3.63) is 288 Å². The largest absolute Gasteiger partial charge is 0.481 e. The van der Waals surface area contributed by atoms with Crippen LogP contribution < -0.4 is 21.8 Å². The number of aryl methyl sites for hydroxylation is 7. The van der Waals surface area contributed by atoms with Gasteiger partial charge in [0, 0.05) is 90.1 Å². The molecule has 532 valence electrons. The summed E-state index contributed by atoms with van der Waals surface area (Å²) < 4.78 is 21.3. The molecule has 0 bridgehead atoms. The predicted molar refractivity (Wildman–Crippen MR) is 404 cm³/mol. The van der Waals surface area contributed by atoms with Gasteiger partial charge in [-0.15, -0.1) is 0 Å². The Morgan fingerprint density at radius 3 is 1.23 bits per heavy atom.